The van der Waals surface area contributed by atoms with Crippen molar-refractivity contribution in [1.82, 2.24) is 10.2 Å². The average molecular weight is 254 g/mol. The molecule has 2 N–H and O–H groups in total. The van der Waals surface area contributed by atoms with Crippen LogP contribution in [0, 0.1) is 5.92 Å². The van der Waals surface area contributed by atoms with E-state index in [9.17, 15) is 9.90 Å². The van der Waals surface area contributed by atoms with Gasteiger partial charge in [0, 0.05) is 19.1 Å². The smallest absolute Gasteiger partial charge is 0.227 e. The third-order valence-corrected chi connectivity index (χ3v) is 4.29. The van der Waals surface area contributed by atoms with Gasteiger partial charge in [0.25, 0.3) is 0 Å². The Morgan fingerprint density at radius 2 is 1.94 bits per heavy atom. The lowest BCUT2D eigenvalue weighted by atomic mass is 9.91. The molecule has 0 aromatic rings. The Morgan fingerprint density at radius 1 is 1.17 bits per heavy atom. The first-order valence-corrected chi connectivity index (χ1v) is 7.45. The second kappa shape index (κ2) is 7.10. The number of hydrogen-bond donors (Lipinski definition) is 2. The summed E-state index contributed by atoms with van der Waals surface area (Å²) < 4.78 is 0. The number of hydrogen-bond acceptors (Lipinski definition) is 3. The first-order chi connectivity index (χ1) is 8.83. The summed E-state index contributed by atoms with van der Waals surface area (Å²) in [6.45, 7) is 2.45. The summed E-state index contributed by atoms with van der Waals surface area (Å²) >= 11 is 0. The largest absolute Gasteiger partial charge is 0.395 e. The summed E-state index contributed by atoms with van der Waals surface area (Å²) in [5.41, 5.74) is 0. The first kappa shape index (κ1) is 13.8. The van der Waals surface area contributed by atoms with E-state index in [1.54, 1.807) is 0 Å². The molecule has 1 unspecified atom stereocenters. The normalized spacial score (nSPS) is 25.9. The number of rotatable bonds is 4. The van der Waals surface area contributed by atoms with Gasteiger partial charge in [-0.25, -0.2) is 0 Å². The van der Waals surface area contributed by atoms with Gasteiger partial charge in [0.05, 0.1) is 12.5 Å². The van der Waals surface area contributed by atoms with Gasteiger partial charge in [0.15, 0.2) is 0 Å². The fourth-order valence-corrected chi connectivity index (χ4v) is 3.27. The molecular weight excluding hydrogens is 228 g/mol. The van der Waals surface area contributed by atoms with Crippen molar-refractivity contribution >= 4 is 5.91 Å². The van der Waals surface area contributed by atoms with Gasteiger partial charge in [-0.15, -0.1) is 0 Å². The Labute approximate surface area is 110 Å². The van der Waals surface area contributed by atoms with Gasteiger partial charge in [0.2, 0.25) is 5.91 Å². The molecule has 1 aliphatic carbocycles. The maximum absolute atomic E-state index is 12.6. The minimum atomic E-state index is 0.0857. The van der Waals surface area contributed by atoms with E-state index < -0.39 is 0 Å². The van der Waals surface area contributed by atoms with Crippen LogP contribution in [0.5, 0.6) is 0 Å². The van der Waals surface area contributed by atoms with Gasteiger partial charge in [-0.2, -0.15) is 0 Å². The Balaban J connectivity index is 1.96. The second-order valence-corrected chi connectivity index (χ2v) is 5.59. The summed E-state index contributed by atoms with van der Waals surface area (Å²) in [4.78, 5) is 14.5. The van der Waals surface area contributed by atoms with E-state index in [0.29, 0.717) is 12.6 Å². The molecule has 4 heteroatoms. The summed E-state index contributed by atoms with van der Waals surface area (Å²) in [6, 6.07) is 0.375. The number of piperidine rings is 1. The molecule has 4 nitrogen and oxygen atoms in total. The predicted octanol–water partition coefficient (Wildman–Crippen LogP) is 1.14. The topological polar surface area (TPSA) is 52.6 Å². The van der Waals surface area contributed by atoms with Gasteiger partial charge in [-0.3, -0.25) is 4.79 Å². The van der Waals surface area contributed by atoms with Crippen LogP contribution >= 0.6 is 0 Å². The molecule has 18 heavy (non-hydrogen) atoms. The van der Waals surface area contributed by atoms with E-state index in [1.165, 1.54) is 19.3 Å². The molecule has 0 aromatic carbocycles. The van der Waals surface area contributed by atoms with Gasteiger partial charge >= 0.3 is 0 Å². The molecule has 0 bridgehead atoms. The molecule has 1 heterocycles. The Morgan fingerprint density at radius 3 is 2.56 bits per heavy atom. The lowest BCUT2D eigenvalue weighted by Crippen LogP contribution is -2.49. The summed E-state index contributed by atoms with van der Waals surface area (Å²) in [5, 5.41) is 12.5. The van der Waals surface area contributed by atoms with Gasteiger partial charge in [-0.1, -0.05) is 19.3 Å². The zero-order valence-electron chi connectivity index (χ0n) is 11.2. The summed E-state index contributed by atoms with van der Waals surface area (Å²) in [7, 11) is 0. The number of nitrogens with zero attached hydrogens (tertiary/aromatic N) is 1. The van der Waals surface area contributed by atoms with Crippen LogP contribution in [-0.2, 0) is 4.79 Å². The molecule has 1 amide bonds. The van der Waals surface area contributed by atoms with Crippen LogP contribution in [0.2, 0.25) is 0 Å². The number of carbonyl (C=O) groups is 1. The number of aliphatic hydroxyl groups is 1. The van der Waals surface area contributed by atoms with Crippen molar-refractivity contribution in [3.63, 3.8) is 0 Å². The van der Waals surface area contributed by atoms with Crippen molar-refractivity contribution in [2.75, 3.05) is 26.2 Å². The monoisotopic (exact) mass is 254 g/mol. The van der Waals surface area contributed by atoms with Crippen LogP contribution in [0.4, 0.5) is 0 Å². The van der Waals surface area contributed by atoms with E-state index in [-0.39, 0.29) is 18.4 Å². The van der Waals surface area contributed by atoms with E-state index in [1.807, 2.05) is 4.90 Å². The van der Waals surface area contributed by atoms with Crippen LogP contribution in [0.25, 0.3) is 0 Å². The number of nitrogens with one attached hydrogen (secondary N) is 1. The number of carbonyl (C=O) groups excluding carboxylic acids is 1. The van der Waals surface area contributed by atoms with E-state index in [0.717, 1.165) is 38.8 Å². The van der Waals surface area contributed by atoms with Gasteiger partial charge in [-0.05, 0) is 32.2 Å². The quantitative estimate of drug-likeness (QED) is 0.791. The molecule has 1 saturated heterocycles. The minimum absolute atomic E-state index is 0.0857. The van der Waals surface area contributed by atoms with Gasteiger partial charge in [0.1, 0.15) is 0 Å². The van der Waals surface area contributed by atoms with E-state index in [2.05, 4.69) is 5.32 Å². The molecule has 1 aliphatic heterocycles. The lowest BCUT2D eigenvalue weighted by molar-refractivity contribution is -0.139. The van der Waals surface area contributed by atoms with Crippen molar-refractivity contribution in [2.45, 2.75) is 51.0 Å². The molecule has 2 rings (SSSR count). The van der Waals surface area contributed by atoms with Crippen LogP contribution in [0.15, 0.2) is 0 Å². The van der Waals surface area contributed by atoms with Crippen LogP contribution < -0.4 is 5.32 Å². The van der Waals surface area contributed by atoms with Crippen molar-refractivity contribution in [1.29, 1.82) is 0 Å². The minimum Gasteiger partial charge on any atom is -0.395 e. The number of amides is 1. The zero-order valence-corrected chi connectivity index (χ0v) is 11.2. The van der Waals surface area contributed by atoms with Crippen LogP contribution in [0.1, 0.15) is 44.9 Å². The Hall–Kier alpha value is -0.610. The van der Waals surface area contributed by atoms with Crippen LogP contribution in [0.3, 0.4) is 0 Å². The standard InChI is InChI=1S/C14H26N2O2/c17-10-9-16(13-6-2-1-3-7-13)14(18)12-5-4-8-15-11-12/h12-13,15,17H,1-11H2. The molecule has 0 aromatic heterocycles. The molecule has 1 atom stereocenters. The van der Waals surface area contributed by atoms with E-state index >= 15 is 0 Å². The third-order valence-electron chi connectivity index (χ3n) is 4.29. The Kier molecular flexibility index (Phi) is 5.45. The number of aliphatic hydroxyl groups excluding tert-OH is 1. The highest BCUT2D eigenvalue weighted by Gasteiger charge is 2.30. The fourth-order valence-electron chi connectivity index (χ4n) is 3.27. The highest BCUT2D eigenvalue weighted by molar-refractivity contribution is 5.79. The molecule has 104 valence electrons. The van der Waals surface area contributed by atoms with Crippen molar-refractivity contribution in [2.24, 2.45) is 5.92 Å². The van der Waals surface area contributed by atoms with Crippen molar-refractivity contribution in [3.8, 4) is 0 Å². The van der Waals surface area contributed by atoms with Crippen molar-refractivity contribution in [3.05, 3.63) is 0 Å². The van der Waals surface area contributed by atoms with Crippen LogP contribution in [-0.4, -0.2) is 48.2 Å². The highest BCUT2D eigenvalue weighted by Crippen LogP contribution is 2.25. The molecule has 2 aliphatic rings. The summed E-state index contributed by atoms with van der Waals surface area (Å²) in [5.74, 6) is 0.398. The van der Waals surface area contributed by atoms with E-state index in [4.69, 9.17) is 0 Å². The molecule has 2 fully saturated rings. The first-order valence-electron chi connectivity index (χ1n) is 7.45. The molecule has 0 spiro atoms. The van der Waals surface area contributed by atoms with Gasteiger partial charge < -0.3 is 15.3 Å². The maximum Gasteiger partial charge on any atom is 0.227 e. The molecular formula is C14H26N2O2. The average Bonchev–Trinajstić information content (AvgIpc) is 2.46. The Bertz CT molecular complexity index is 259. The maximum atomic E-state index is 12.6. The zero-order chi connectivity index (χ0) is 12.8. The lowest BCUT2D eigenvalue weighted by Gasteiger charge is -2.37. The second-order valence-electron chi connectivity index (χ2n) is 5.59. The molecule has 0 radical (unpaired) electrons. The van der Waals surface area contributed by atoms with Crippen molar-refractivity contribution < 1.29 is 9.90 Å². The SMILES string of the molecule is O=C(C1CCCNC1)N(CCO)C1CCCCC1. The fraction of sp³-hybridized carbons (Fsp3) is 0.929. The highest BCUT2D eigenvalue weighted by atomic mass is 16.3. The summed E-state index contributed by atoms with van der Waals surface area (Å²) in [6.07, 6.45) is 8.07. The third kappa shape index (κ3) is 3.45. The molecule has 1 saturated carbocycles. The predicted molar refractivity (Wildman–Crippen MR) is 71.3 cm³/mol.